The SMILES string of the molecule is CC(C)c1nnc(C(C)(C)C)n1C1CC2CCC(C1)N2C(C)(C)C[C@H](C)c1ccccc1.CC(C)c1nnc(C(C)(C)C)n1C1CC2CCC(C1)N2C(C)(C)C[C@H](N)c1ccccc1.CC(C)c1nnc(C(C)(C)C)n1C1CC2CCC(C1)N2C(C)(C)C[C@H](NC(=O)C1CCC(F)(F)CC1)c1ccccc1.O=C(Cl)C1CCC(F)(F)CC1. The second-order valence-corrected chi connectivity index (χ2v) is 43.0. The summed E-state index contributed by atoms with van der Waals surface area (Å²) in [5, 5.41) is 30.9. The summed E-state index contributed by atoms with van der Waals surface area (Å²) in [6, 6.07) is 36.5. The summed E-state index contributed by atoms with van der Waals surface area (Å²) in [6.07, 6.45) is 17.6. The molecular weight excluding hydrogens is 1490 g/mol. The molecule has 117 heavy (non-hydrogen) atoms. The van der Waals surface area contributed by atoms with Crippen LogP contribution in [0.15, 0.2) is 91.0 Å². The number of fused-ring (bicyclic) bond motifs is 6. The Bertz CT molecular complexity index is 4000. The fraction of sp³-hybridized carbons (Fsp3) is 0.729. The Labute approximate surface area is 705 Å². The van der Waals surface area contributed by atoms with Gasteiger partial charge >= 0.3 is 0 Å². The van der Waals surface area contributed by atoms with Gasteiger partial charge in [0.05, 0.1) is 6.04 Å². The number of piperidine rings is 3. The standard InChI is InChI=1S/C34H51F2N5O.C28H44N4.C27H43N5.C7H9ClF2O/c1-22(2)29-38-39-31(32(3,4)5)40(29)27-19-25-13-14-26(20-27)41(25)33(6,7)21-28(23-11-9-8-10-12-23)37-30(42)24-15-17-34(35,36)18-16-24;1-19(2)25-29-30-26(27(4,5)6)31(25)24-16-22-14-15-23(17-24)32(22)28(7,8)18-20(3)21-12-10-9-11-13-21;1-18(2)24-29-30-25(26(3,4)5)31(24)22-15-20-13-14-21(16-22)32(20)27(6,7)17-23(28)19-11-9-8-10-12-19;8-6(11)5-1-3-7(9,10)4-2-5/h8-12,22,24-28H,13-21H2,1-7H3,(H,37,42);9-13,19-20,22-24H,14-18H2,1-8H3;8-12,18,20-23H,13-17,28H2,1-7H3;5H,1-4H2/t25?,26?,27?,28-;20-,22?,23?,24?;20?,21?,22?,23-;/m000./s1. The van der Waals surface area contributed by atoms with Gasteiger partial charge in [-0.1, -0.05) is 202 Å². The predicted octanol–water partition coefficient (Wildman–Crippen LogP) is 22.9. The zero-order valence-electron chi connectivity index (χ0n) is 75.4. The van der Waals surface area contributed by atoms with Gasteiger partial charge in [0.2, 0.25) is 23.0 Å². The third kappa shape index (κ3) is 21.8. The van der Waals surface area contributed by atoms with Crippen LogP contribution in [0, 0.1) is 11.8 Å². The Morgan fingerprint density at radius 2 is 0.684 bits per heavy atom. The molecule has 0 spiro atoms. The van der Waals surface area contributed by atoms with E-state index < -0.39 is 17.1 Å². The summed E-state index contributed by atoms with van der Waals surface area (Å²) in [5.41, 5.74) is 10.5. The summed E-state index contributed by atoms with van der Waals surface area (Å²) < 4.78 is 60.1. The average molecular weight is 1640 g/mol. The Hall–Kier alpha value is -5.93. The van der Waals surface area contributed by atoms with Gasteiger partial charge in [-0.25, -0.2) is 17.6 Å². The molecule has 0 radical (unpaired) electrons. The number of benzene rings is 3. The van der Waals surface area contributed by atoms with Gasteiger partial charge in [-0.2, -0.15) is 0 Å². The quantitative estimate of drug-likeness (QED) is 0.0516. The van der Waals surface area contributed by atoms with E-state index in [1.54, 1.807) is 0 Å². The number of nitrogens with two attached hydrogens (primary N) is 1. The van der Waals surface area contributed by atoms with Crippen molar-refractivity contribution < 1.29 is 27.2 Å². The molecule has 6 aliphatic heterocycles. The van der Waals surface area contributed by atoms with Crippen LogP contribution in [0.25, 0.3) is 0 Å². The number of nitrogens with one attached hydrogen (secondary N) is 1. The lowest BCUT2D eigenvalue weighted by Crippen LogP contribution is -2.56. The molecule has 8 fully saturated rings. The van der Waals surface area contributed by atoms with Crippen LogP contribution in [0.1, 0.15) is 406 Å². The maximum Gasteiger partial charge on any atom is 0.248 e. The number of rotatable bonds is 21. The second-order valence-electron chi connectivity index (χ2n) is 42.6. The normalized spacial score (nSPS) is 25.6. The number of halogens is 5. The van der Waals surface area contributed by atoms with E-state index in [-0.39, 0.29) is 114 Å². The first-order chi connectivity index (χ1) is 54.6. The summed E-state index contributed by atoms with van der Waals surface area (Å²) >= 11 is 5.17. The van der Waals surface area contributed by atoms with E-state index in [2.05, 4.69) is 284 Å². The topological polar surface area (TPSA) is 174 Å². The Morgan fingerprint density at radius 1 is 0.402 bits per heavy atom. The number of carbonyl (C=O) groups is 2. The van der Waals surface area contributed by atoms with Gasteiger partial charge in [0.25, 0.3) is 0 Å². The highest BCUT2D eigenvalue weighted by Crippen LogP contribution is 2.53. The molecule has 8 aliphatic rings. The van der Waals surface area contributed by atoms with Crippen LogP contribution in [-0.4, -0.2) is 135 Å². The minimum atomic E-state index is -2.64. The Balaban J connectivity index is 0.000000163. The van der Waals surface area contributed by atoms with Crippen LogP contribution in [0.5, 0.6) is 0 Å². The summed E-state index contributed by atoms with van der Waals surface area (Å²) in [5.74, 6) is 2.49. The van der Waals surface area contributed by atoms with Crippen LogP contribution < -0.4 is 11.1 Å². The first-order valence-corrected chi connectivity index (χ1v) is 45.4. The highest BCUT2D eigenvalue weighted by atomic mass is 35.5. The maximum absolute atomic E-state index is 13.8. The van der Waals surface area contributed by atoms with E-state index in [4.69, 9.17) is 22.4 Å². The lowest BCUT2D eigenvalue weighted by Gasteiger charge is -2.50. The number of carbonyl (C=O) groups excluding carboxylic acids is 2. The first kappa shape index (κ1) is 91.8. The fourth-order valence-corrected chi connectivity index (χ4v) is 22.6. The number of nitrogens with zero attached hydrogens (tertiary/aromatic N) is 12. The largest absolute Gasteiger partial charge is 0.349 e. The van der Waals surface area contributed by atoms with Gasteiger partial charge in [0.15, 0.2) is 0 Å². The Kier molecular flexibility index (Phi) is 28.7. The molecule has 14 rings (SSSR count). The van der Waals surface area contributed by atoms with E-state index in [1.165, 1.54) is 87.6 Å². The molecule has 9 atom stereocenters. The fourth-order valence-electron chi connectivity index (χ4n) is 22.4. The highest BCUT2D eigenvalue weighted by Gasteiger charge is 2.53. The molecule has 21 heteroatoms. The van der Waals surface area contributed by atoms with Crippen LogP contribution in [-0.2, 0) is 25.8 Å². The van der Waals surface area contributed by atoms with Crippen molar-refractivity contribution in [2.45, 2.75) is 435 Å². The predicted molar refractivity (Wildman–Crippen MR) is 466 cm³/mol. The molecule has 6 aromatic rings. The van der Waals surface area contributed by atoms with E-state index >= 15 is 0 Å². The van der Waals surface area contributed by atoms with Crippen LogP contribution in [0.4, 0.5) is 17.6 Å². The smallest absolute Gasteiger partial charge is 0.248 e. The van der Waals surface area contributed by atoms with Gasteiger partial charge in [0, 0.05) is 149 Å². The minimum Gasteiger partial charge on any atom is -0.349 e. The van der Waals surface area contributed by atoms with Gasteiger partial charge < -0.3 is 24.8 Å². The molecule has 648 valence electrons. The van der Waals surface area contributed by atoms with Crippen LogP contribution >= 0.6 is 11.6 Å². The average Bonchev–Trinajstić information content (AvgIpc) is 1.61. The molecule has 3 N–H and O–H groups in total. The number of alkyl halides is 4. The highest BCUT2D eigenvalue weighted by molar-refractivity contribution is 6.64. The summed E-state index contributed by atoms with van der Waals surface area (Å²) in [6.45, 7) is 50.5. The lowest BCUT2D eigenvalue weighted by molar-refractivity contribution is -0.130. The van der Waals surface area contributed by atoms with Gasteiger partial charge in [-0.3, -0.25) is 24.3 Å². The minimum absolute atomic E-state index is 0.00194. The third-order valence-corrected chi connectivity index (χ3v) is 27.8. The molecule has 3 aromatic heterocycles. The van der Waals surface area contributed by atoms with Crippen molar-refractivity contribution in [3.63, 3.8) is 0 Å². The van der Waals surface area contributed by atoms with Gasteiger partial charge in [0.1, 0.15) is 34.9 Å². The van der Waals surface area contributed by atoms with E-state index in [0.29, 0.717) is 78.0 Å². The molecule has 2 saturated carbocycles. The molecule has 16 nitrogen and oxygen atoms in total. The molecule has 6 saturated heterocycles. The molecule has 3 aromatic carbocycles. The number of hydrogen-bond donors (Lipinski definition) is 2. The summed E-state index contributed by atoms with van der Waals surface area (Å²) in [7, 11) is 0. The number of aromatic nitrogens is 9. The maximum atomic E-state index is 13.8. The zero-order chi connectivity index (χ0) is 85.4. The molecule has 1 amide bonds. The number of hydrogen-bond acceptors (Lipinski definition) is 12. The lowest BCUT2D eigenvalue weighted by atomic mass is 9.82. The van der Waals surface area contributed by atoms with Crippen molar-refractivity contribution in [2.24, 2.45) is 17.6 Å². The zero-order valence-corrected chi connectivity index (χ0v) is 76.1. The van der Waals surface area contributed by atoms with Crippen molar-refractivity contribution in [1.29, 1.82) is 0 Å². The third-order valence-electron chi connectivity index (χ3n) is 27.5. The van der Waals surface area contributed by atoms with Crippen molar-refractivity contribution in [2.75, 3.05) is 0 Å². The van der Waals surface area contributed by atoms with Crippen molar-refractivity contribution in [3.05, 3.63) is 143 Å². The molecule has 2 aliphatic carbocycles. The van der Waals surface area contributed by atoms with E-state index in [9.17, 15) is 27.2 Å². The molecule has 6 unspecified atom stereocenters. The molecule has 6 bridgehead atoms. The monoisotopic (exact) mass is 1640 g/mol. The van der Waals surface area contributed by atoms with E-state index in [0.717, 1.165) is 60.4 Å². The Morgan fingerprint density at radius 3 is 0.983 bits per heavy atom. The van der Waals surface area contributed by atoms with E-state index in [1.807, 2.05) is 18.2 Å². The molecular formula is C96H147ClF4N14O2. The van der Waals surface area contributed by atoms with Crippen molar-refractivity contribution in [3.8, 4) is 0 Å². The van der Waals surface area contributed by atoms with Crippen LogP contribution in [0.2, 0.25) is 0 Å². The van der Waals surface area contributed by atoms with Gasteiger partial charge in [-0.15, -0.1) is 30.6 Å². The number of amides is 1. The first-order valence-electron chi connectivity index (χ1n) is 45.0. The van der Waals surface area contributed by atoms with Crippen LogP contribution in [0.3, 0.4) is 0 Å². The summed E-state index contributed by atoms with van der Waals surface area (Å²) in [4.78, 5) is 32.4. The second kappa shape index (κ2) is 36.6. The molecule has 9 heterocycles. The van der Waals surface area contributed by atoms with Crippen molar-refractivity contribution >= 4 is 22.8 Å². The van der Waals surface area contributed by atoms with Gasteiger partial charge in [-0.05, 0) is 198 Å². The van der Waals surface area contributed by atoms with Crippen molar-refractivity contribution in [1.82, 2.24) is 64.3 Å².